The zero-order valence-corrected chi connectivity index (χ0v) is 24.2. The van der Waals surface area contributed by atoms with E-state index < -0.39 is 23.0 Å². The summed E-state index contributed by atoms with van der Waals surface area (Å²) in [6.07, 6.45) is 3.93. The van der Waals surface area contributed by atoms with Crippen LogP contribution < -0.4 is 4.52 Å². The Kier molecular flexibility index (Phi) is 13.1. The predicted octanol–water partition coefficient (Wildman–Crippen LogP) is 9.36. The van der Waals surface area contributed by atoms with Gasteiger partial charge in [-0.25, -0.2) is 0 Å². The highest BCUT2D eigenvalue weighted by Gasteiger charge is 2.44. The van der Waals surface area contributed by atoms with E-state index in [2.05, 4.69) is 0 Å². The van der Waals surface area contributed by atoms with Crippen LogP contribution in [0.1, 0.15) is 72.3 Å². The van der Waals surface area contributed by atoms with E-state index in [4.69, 9.17) is 40.7 Å². The van der Waals surface area contributed by atoms with Crippen LogP contribution in [0.3, 0.4) is 0 Å². The van der Waals surface area contributed by atoms with Crippen molar-refractivity contribution in [2.24, 2.45) is 13.5 Å². The van der Waals surface area contributed by atoms with Gasteiger partial charge in [0.05, 0.1) is 33.0 Å². The Morgan fingerprint density at radius 2 is 0.912 bits per heavy atom. The van der Waals surface area contributed by atoms with Gasteiger partial charge in [0.2, 0.25) is 0 Å². The van der Waals surface area contributed by atoms with Crippen molar-refractivity contribution in [1.29, 1.82) is 0 Å². The first-order valence-electron chi connectivity index (χ1n) is 12.3. The minimum absolute atomic E-state index is 0.412. The summed E-state index contributed by atoms with van der Waals surface area (Å²) in [5.41, 5.74) is 0.954. The van der Waals surface area contributed by atoms with Crippen molar-refractivity contribution >= 4 is 23.0 Å². The zero-order chi connectivity index (χ0) is 24.9. The first-order valence-corrected chi connectivity index (χ1v) is 16.9. The van der Waals surface area contributed by atoms with Crippen molar-refractivity contribution in [2.45, 2.75) is 73.6 Å². The van der Waals surface area contributed by atoms with Gasteiger partial charge in [0, 0.05) is 0 Å². The molecule has 2 rings (SSSR count). The smallest absolute Gasteiger partial charge is 0.402 e. The monoisotopic (exact) mass is 537 g/mol. The summed E-state index contributed by atoms with van der Waals surface area (Å²) < 4.78 is 52.8. The van der Waals surface area contributed by atoms with Gasteiger partial charge in [-0.3, -0.25) is 4.52 Å². The van der Waals surface area contributed by atoms with Crippen molar-refractivity contribution in [3.8, 4) is 5.75 Å². The van der Waals surface area contributed by atoms with E-state index >= 15 is 0 Å². The third-order valence-electron chi connectivity index (χ3n) is 4.31. The maximum absolute atomic E-state index is 6.54. The van der Waals surface area contributed by atoms with E-state index in [9.17, 15) is 0 Å². The molecule has 0 bridgehead atoms. The molecule has 1 unspecified atom stereocenters. The maximum Gasteiger partial charge on any atom is 0.402 e. The highest BCUT2D eigenvalue weighted by atomic mass is 31.3. The minimum atomic E-state index is -3.30. The molecule has 0 aliphatic carbocycles. The average molecular weight is 538 g/mol. The zero-order valence-electron chi connectivity index (χ0n) is 21.5. The van der Waals surface area contributed by atoms with Crippen LogP contribution in [-0.4, -0.2) is 33.0 Å². The molecule has 0 N–H and O–H groups in total. The number of nitrogens with zero attached hydrogens (tertiary/aromatic N) is 3. The summed E-state index contributed by atoms with van der Waals surface area (Å²) in [5, 5.41) is 0. The van der Waals surface area contributed by atoms with Crippen LogP contribution in [0, 0.1) is 6.92 Å². The Bertz CT molecular complexity index is 881. The summed E-state index contributed by atoms with van der Waals surface area (Å²) in [4.78, 5) is 0. The highest BCUT2D eigenvalue weighted by molar-refractivity contribution is 7.78. The van der Waals surface area contributed by atoms with Crippen LogP contribution in [0.4, 0.5) is 0 Å². The Labute approximate surface area is 206 Å². The summed E-state index contributed by atoms with van der Waals surface area (Å²) in [6, 6.07) is 7.75. The molecule has 0 radical (unpaired) electrons. The van der Waals surface area contributed by atoms with Gasteiger partial charge in [-0.1, -0.05) is 52.8 Å². The van der Waals surface area contributed by atoms with Gasteiger partial charge in [0.1, 0.15) is 5.75 Å². The van der Waals surface area contributed by atoms with E-state index in [-0.39, 0.29) is 0 Å². The van der Waals surface area contributed by atoms with Gasteiger partial charge in [-0.05, 0) is 50.7 Å². The molecule has 0 spiro atoms. The fraction of sp³-hybridized carbons (Fsp3) is 0.727. The topological polar surface area (TPSA) is 92.5 Å². The third-order valence-corrected chi connectivity index (χ3v) is 12.8. The van der Waals surface area contributed by atoms with Crippen molar-refractivity contribution in [2.75, 3.05) is 33.0 Å². The normalized spacial score (nSPS) is 20.8. The SMILES string of the molecule is CCCOP1(OCCC)=NP(OCCC)(OCCC)=NP(OCCC)(Oc2ccccc2C)=N1. The van der Waals surface area contributed by atoms with Gasteiger partial charge in [-0.15, -0.1) is 13.5 Å². The van der Waals surface area contributed by atoms with Crippen LogP contribution in [0.5, 0.6) is 5.75 Å². The lowest BCUT2D eigenvalue weighted by atomic mass is 10.2. The molecule has 1 heterocycles. The Balaban J connectivity index is 2.81. The molecule has 0 aromatic heterocycles. The molecular formula is C22H42N3O6P3. The number of para-hydroxylation sites is 1. The van der Waals surface area contributed by atoms with Crippen LogP contribution in [0.2, 0.25) is 0 Å². The lowest BCUT2D eigenvalue weighted by molar-refractivity contribution is 0.225. The van der Waals surface area contributed by atoms with E-state index in [1.54, 1.807) is 0 Å². The van der Waals surface area contributed by atoms with Gasteiger partial charge in [0.15, 0.2) is 0 Å². The summed E-state index contributed by atoms with van der Waals surface area (Å²) in [7, 11) is -9.67. The molecule has 1 atom stereocenters. The molecule has 34 heavy (non-hydrogen) atoms. The van der Waals surface area contributed by atoms with Gasteiger partial charge >= 0.3 is 23.0 Å². The lowest BCUT2D eigenvalue weighted by Crippen LogP contribution is -2.08. The van der Waals surface area contributed by atoms with Crippen molar-refractivity contribution in [1.82, 2.24) is 0 Å². The number of rotatable bonds is 17. The number of hydrogen-bond donors (Lipinski definition) is 0. The average Bonchev–Trinajstić information content (AvgIpc) is 2.84. The third kappa shape index (κ3) is 8.57. The number of aryl methyl sites for hydroxylation is 1. The molecule has 0 fully saturated rings. The number of hydrogen-bond acceptors (Lipinski definition) is 9. The van der Waals surface area contributed by atoms with Crippen LogP contribution in [0.15, 0.2) is 37.8 Å². The van der Waals surface area contributed by atoms with Crippen molar-refractivity contribution < 1.29 is 27.1 Å². The van der Waals surface area contributed by atoms with Gasteiger partial charge in [-0.2, -0.15) is 0 Å². The first-order chi connectivity index (χ1) is 16.4. The second kappa shape index (κ2) is 14.9. The van der Waals surface area contributed by atoms with Gasteiger partial charge in [0.25, 0.3) is 0 Å². The summed E-state index contributed by atoms with van der Waals surface area (Å²) in [5.74, 6) is 0.648. The molecule has 0 saturated carbocycles. The van der Waals surface area contributed by atoms with Crippen LogP contribution in [-0.2, 0) is 22.6 Å². The summed E-state index contributed by atoms with van der Waals surface area (Å²) in [6.45, 7) is 14.3. The van der Waals surface area contributed by atoms with Gasteiger partial charge < -0.3 is 22.6 Å². The second-order valence-corrected chi connectivity index (χ2v) is 14.3. The van der Waals surface area contributed by atoms with Crippen molar-refractivity contribution in [3.05, 3.63) is 29.8 Å². The molecule has 1 aromatic rings. The van der Waals surface area contributed by atoms with E-state index in [0.717, 1.165) is 37.7 Å². The quantitative estimate of drug-likeness (QED) is 0.184. The highest BCUT2D eigenvalue weighted by Crippen LogP contribution is 2.80. The van der Waals surface area contributed by atoms with Crippen molar-refractivity contribution in [3.63, 3.8) is 0 Å². The minimum Gasteiger partial charge on any atom is -0.422 e. The standard InChI is InChI=1S/C22H42N3O6P3/c1-7-16-26-32(27-17-8-2)23-33(28-18-9-3,29-19-10-4)25-34(24-32,30-20-11-5)31-22-15-13-12-14-21(22)6/h12-15H,7-11,16-20H2,1-6H3. The van der Waals surface area contributed by atoms with E-state index in [0.29, 0.717) is 38.8 Å². The van der Waals surface area contributed by atoms with Crippen LogP contribution in [0.25, 0.3) is 0 Å². The van der Waals surface area contributed by atoms with Crippen LogP contribution >= 0.6 is 23.0 Å². The fourth-order valence-corrected chi connectivity index (χ4v) is 12.7. The molecule has 1 aliphatic rings. The Hall–Kier alpha value is -0.490. The molecular weight excluding hydrogens is 495 g/mol. The first kappa shape index (κ1) is 29.7. The molecule has 196 valence electrons. The molecule has 12 heteroatoms. The lowest BCUT2D eigenvalue weighted by Gasteiger charge is -2.33. The second-order valence-electron chi connectivity index (χ2n) is 7.76. The van der Waals surface area contributed by atoms with E-state index in [1.807, 2.05) is 65.8 Å². The van der Waals surface area contributed by atoms with E-state index in [1.165, 1.54) is 0 Å². The maximum atomic E-state index is 6.54. The summed E-state index contributed by atoms with van der Waals surface area (Å²) >= 11 is 0. The molecule has 1 aliphatic heterocycles. The fourth-order valence-electron chi connectivity index (χ4n) is 2.72. The molecule has 1 aromatic carbocycles. The molecule has 9 nitrogen and oxygen atoms in total. The molecule has 0 saturated heterocycles. The Morgan fingerprint density at radius 3 is 1.32 bits per heavy atom. The predicted molar refractivity (Wildman–Crippen MR) is 141 cm³/mol. The number of benzene rings is 1. The largest absolute Gasteiger partial charge is 0.422 e. The Morgan fingerprint density at radius 1 is 0.559 bits per heavy atom. The molecule has 0 amide bonds.